The first kappa shape index (κ1) is 14.4. The largest absolute Gasteiger partial charge is 0.341 e. The van der Waals surface area contributed by atoms with E-state index in [-0.39, 0.29) is 5.91 Å². The maximum Gasteiger partial charge on any atom is 0.233 e. The predicted octanol–water partition coefficient (Wildman–Crippen LogP) is 3.29. The zero-order valence-corrected chi connectivity index (χ0v) is 13.3. The Morgan fingerprint density at radius 2 is 1.82 bits per heavy atom. The molecular weight excluding hydrogens is 294 g/mol. The quantitative estimate of drug-likeness (QED) is 0.603. The van der Waals surface area contributed by atoms with Crippen LogP contribution in [0, 0.1) is 0 Å². The van der Waals surface area contributed by atoms with E-state index in [9.17, 15) is 4.79 Å². The average molecular weight is 314 g/mol. The van der Waals surface area contributed by atoms with Gasteiger partial charge >= 0.3 is 0 Å². The first-order valence-electron chi connectivity index (χ1n) is 5.80. The van der Waals surface area contributed by atoms with E-state index >= 15 is 0 Å². The molecule has 1 aromatic rings. The van der Waals surface area contributed by atoms with Crippen molar-refractivity contribution in [3.8, 4) is 0 Å². The second-order valence-corrected chi connectivity index (χ2v) is 11.4. The van der Waals surface area contributed by atoms with Gasteiger partial charge in [0.25, 0.3) is 0 Å². The zero-order valence-electron chi connectivity index (χ0n) is 10.7. The Balaban J connectivity index is 2.74. The van der Waals surface area contributed by atoms with Crippen molar-refractivity contribution in [2.24, 2.45) is 0 Å². The van der Waals surface area contributed by atoms with Crippen molar-refractivity contribution < 1.29 is 4.79 Å². The lowest BCUT2D eigenvalue weighted by atomic mass is 10.2. The van der Waals surface area contributed by atoms with Gasteiger partial charge in [0, 0.05) is 12.7 Å². The number of hydrogen-bond acceptors (Lipinski definition) is 1. The molecule has 0 aromatic heterocycles. The standard InChI is InChI=1S/C13H20BrNOSi/c1-17(2,3)11-15(13(16)9-14)10-12-7-5-4-6-8-12/h4-8H,9-11H2,1-3H3. The molecule has 0 saturated heterocycles. The molecule has 0 aliphatic rings. The topological polar surface area (TPSA) is 20.3 Å². The van der Waals surface area contributed by atoms with Gasteiger partial charge in [-0.1, -0.05) is 65.9 Å². The molecule has 2 nitrogen and oxygen atoms in total. The number of carbonyl (C=O) groups is 1. The number of carbonyl (C=O) groups excluding carboxylic acids is 1. The molecule has 1 aromatic carbocycles. The molecule has 0 fully saturated rings. The van der Waals surface area contributed by atoms with Crippen LogP contribution >= 0.6 is 15.9 Å². The highest BCUT2D eigenvalue weighted by molar-refractivity contribution is 9.09. The number of halogens is 1. The second kappa shape index (κ2) is 6.35. The first-order chi connectivity index (χ1) is 7.92. The summed E-state index contributed by atoms with van der Waals surface area (Å²) in [6.45, 7) is 7.57. The number of hydrogen-bond donors (Lipinski definition) is 0. The van der Waals surface area contributed by atoms with E-state index in [0.717, 1.165) is 12.7 Å². The van der Waals surface area contributed by atoms with Crippen LogP contribution in [0.2, 0.25) is 19.6 Å². The molecule has 0 aliphatic carbocycles. The number of alkyl halides is 1. The third kappa shape index (κ3) is 5.50. The van der Waals surface area contributed by atoms with Gasteiger partial charge in [-0.05, 0) is 5.56 Å². The summed E-state index contributed by atoms with van der Waals surface area (Å²) >= 11 is 3.26. The van der Waals surface area contributed by atoms with E-state index in [1.165, 1.54) is 5.56 Å². The Hall–Kier alpha value is -0.613. The minimum Gasteiger partial charge on any atom is -0.341 e. The highest BCUT2D eigenvalue weighted by atomic mass is 79.9. The highest BCUT2D eigenvalue weighted by Crippen LogP contribution is 2.10. The summed E-state index contributed by atoms with van der Waals surface area (Å²) in [4.78, 5) is 13.9. The normalized spacial score (nSPS) is 11.3. The molecule has 0 unspecified atom stereocenters. The van der Waals surface area contributed by atoms with Gasteiger partial charge in [-0.2, -0.15) is 0 Å². The molecule has 0 radical (unpaired) electrons. The molecular formula is C13H20BrNOSi. The smallest absolute Gasteiger partial charge is 0.233 e. The second-order valence-electron chi connectivity index (χ2n) is 5.43. The molecule has 0 heterocycles. The fraction of sp³-hybridized carbons (Fsp3) is 0.462. The van der Waals surface area contributed by atoms with Crippen molar-refractivity contribution in [1.29, 1.82) is 0 Å². The molecule has 0 spiro atoms. The van der Waals surface area contributed by atoms with Crippen LogP contribution in [0.1, 0.15) is 5.56 Å². The van der Waals surface area contributed by atoms with Crippen LogP contribution in [0.3, 0.4) is 0 Å². The molecule has 4 heteroatoms. The fourth-order valence-corrected chi connectivity index (χ4v) is 3.48. The molecule has 0 aliphatic heterocycles. The van der Waals surface area contributed by atoms with Gasteiger partial charge in [-0.15, -0.1) is 0 Å². The van der Waals surface area contributed by atoms with E-state index in [2.05, 4.69) is 47.7 Å². The molecule has 1 amide bonds. The molecule has 0 atom stereocenters. The van der Waals surface area contributed by atoms with E-state index in [1.54, 1.807) is 0 Å². The first-order valence-corrected chi connectivity index (χ1v) is 10.6. The Bertz CT molecular complexity index is 361. The summed E-state index contributed by atoms with van der Waals surface area (Å²) in [5, 5.41) is 0.407. The van der Waals surface area contributed by atoms with Crippen molar-refractivity contribution in [2.75, 3.05) is 11.5 Å². The van der Waals surface area contributed by atoms with Gasteiger partial charge < -0.3 is 4.90 Å². The minimum atomic E-state index is -1.27. The Labute approximate surface area is 113 Å². The van der Waals surface area contributed by atoms with E-state index in [1.807, 2.05) is 23.1 Å². The van der Waals surface area contributed by atoms with Crippen LogP contribution in [0.15, 0.2) is 30.3 Å². The molecule has 94 valence electrons. The van der Waals surface area contributed by atoms with Gasteiger partial charge in [-0.25, -0.2) is 0 Å². The Morgan fingerprint density at radius 3 is 2.29 bits per heavy atom. The summed E-state index contributed by atoms with van der Waals surface area (Å²) < 4.78 is 0. The Morgan fingerprint density at radius 1 is 1.24 bits per heavy atom. The maximum atomic E-state index is 11.9. The highest BCUT2D eigenvalue weighted by Gasteiger charge is 2.21. The fourth-order valence-electron chi connectivity index (χ4n) is 1.69. The van der Waals surface area contributed by atoms with Gasteiger partial charge in [0.1, 0.15) is 0 Å². The number of benzene rings is 1. The van der Waals surface area contributed by atoms with Crippen molar-refractivity contribution in [3.63, 3.8) is 0 Å². The van der Waals surface area contributed by atoms with Crippen molar-refractivity contribution in [1.82, 2.24) is 4.90 Å². The lowest BCUT2D eigenvalue weighted by molar-refractivity contribution is -0.128. The number of rotatable bonds is 5. The van der Waals surface area contributed by atoms with E-state index in [4.69, 9.17) is 0 Å². The van der Waals surface area contributed by atoms with Crippen LogP contribution in [0.4, 0.5) is 0 Å². The summed E-state index contributed by atoms with van der Waals surface area (Å²) in [5.74, 6) is 0.177. The van der Waals surface area contributed by atoms with Gasteiger partial charge in [0.05, 0.1) is 13.4 Å². The van der Waals surface area contributed by atoms with Gasteiger partial charge in [-0.3, -0.25) is 4.79 Å². The summed E-state index contributed by atoms with van der Waals surface area (Å²) in [6.07, 6.45) is 0.909. The van der Waals surface area contributed by atoms with Crippen LogP contribution in [-0.4, -0.2) is 30.4 Å². The Kier molecular flexibility index (Phi) is 5.40. The summed E-state index contributed by atoms with van der Waals surface area (Å²) in [5.41, 5.74) is 1.19. The van der Waals surface area contributed by atoms with Crippen LogP contribution in [0.25, 0.3) is 0 Å². The maximum absolute atomic E-state index is 11.9. The van der Waals surface area contributed by atoms with Gasteiger partial charge in [0.2, 0.25) is 5.91 Å². The molecule has 17 heavy (non-hydrogen) atoms. The van der Waals surface area contributed by atoms with Crippen LogP contribution < -0.4 is 0 Å². The van der Waals surface area contributed by atoms with Crippen LogP contribution in [0.5, 0.6) is 0 Å². The predicted molar refractivity (Wildman–Crippen MR) is 79.0 cm³/mol. The van der Waals surface area contributed by atoms with Gasteiger partial charge in [0.15, 0.2) is 0 Å². The third-order valence-electron chi connectivity index (χ3n) is 2.35. The van der Waals surface area contributed by atoms with Crippen molar-refractivity contribution >= 4 is 29.9 Å². The molecule has 1 rings (SSSR count). The zero-order chi connectivity index (χ0) is 12.9. The summed E-state index contributed by atoms with van der Waals surface area (Å²) in [6, 6.07) is 10.2. The monoisotopic (exact) mass is 313 g/mol. The number of amides is 1. The lowest BCUT2D eigenvalue weighted by Gasteiger charge is -2.28. The summed E-state index contributed by atoms with van der Waals surface area (Å²) in [7, 11) is -1.27. The lowest BCUT2D eigenvalue weighted by Crippen LogP contribution is -2.43. The van der Waals surface area contributed by atoms with Crippen molar-refractivity contribution in [3.05, 3.63) is 35.9 Å². The molecule has 0 bridgehead atoms. The number of nitrogens with zero attached hydrogens (tertiary/aromatic N) is 1. The molecule has 0 saturated carbocycles. The van der Waals surface area contributed by atoms with E-state index in [0.29, 0.717) is 5.33 Å². The van der Waals surface area contributed by atoms with E-state index < -0.39 is 8.07 Å². The minimum absolute atomic E-state index is 0.177. The third-order valence-corrected chi connectivity index (χ3v) is 4.16. The van der Waals surface area contributed by atoms with Crippen molar-refractivity contribution in [2.45, 2.75) is 26.2 Å². The average Bonchev–Trinajstić information content (AvgIpc) is 2.27. The SMILES string of the molecule is C[Si](C)(C)CN(Cc1ccccc1)C(=O)CBr. The molecule has 0 N–H and O–H groups in total. The van der Waals surface area contributed by atoms with Crippen LogP contribution in [-0.2, 0) is 11.3 Å².